The number of nitrogens with zero attached hydrogens (tertiary/aromatic N) is 2. The van der Waals surface area contributed by atoms with Crippen LogP contribution in [0.1, 0.15) is 40.0 Å². The Morgan fingerprint density at radius 2 is 1.88 bits per heavy atom. The van der Waals surface area contributed by atoms with Gasteiger partial charge in [0.05, 0.1) is 6.10 Å². The van der Waals surface area contributed by atoms with Crippen LogP contribution in [0.2, 0.25) is 0 Å². The van der Waals surface area contributed by atoms with Crippen LogP contribution >= 0.6 is 0 Å². The fourth-order valence-electron chi connectivity index (χ4n) is 3.22. The van der Waals surface area contributed by atoms with Gasteiger partial charge in [0.25, 0.3) is 0 Å². The van der Waals surface area contributed by atoms with E-state index in [1.807, 2.05) is 24.3 Å². The van der Waals surface area contributed by atoms with Crippen LogP contribution < -0.4 is 10.2 Å². The van der Waals surface area contributed by atoms with Crippen molar-refractivity contribution in [3.63, 3.8) is 0 Å². The molecule has 1 atom stereocenters. The van der Waals surface area contributed by atoms with Gasteiger partial charge >= 0.3 is 0 Å². The van der Waals surface area contributed by atoms with Crippen LogP contribution in [0.3, 0.4) is 0 Å². The zero-order chi connectivity index (χ0) is 18.9. The molecule has 6 nitrogen and oxygen atoms in total. The molecule has 2 amide bonds. The Balaban J connectivity index is 1.82. The number of rotatable bonds is 9. The van der Waals surface area contributed by atoms with E-state index < -0.39 is 0 Å². The first-order valence-corrected chi connectivity index (χ1v) is 9.55. The normalized spacial score (nSPS) is 16.3. The molecule has 1 aliphatic rings. The average Bonchev–Trinajstić information content (AvgIpc) is 3.14. The van der Waals surface area contributed by atoms with Crippen molar-refractivity contribution in [1.82, 2.24) is 4.90 Å². The number of carbonyl (C=O) groups is 2. The van der Waals surface area contributed by atoms with Crippen molar-refractivity contribution < 1.29 is 14.3 Å². The number of anilines is 2. The second-order valence-electron chi connectivity index (χ2n) is 6.62. The molecule has 1 aromatic carbocycles. The Hall–Kier alpha value is -2.08. The number of ether oxygens (including phenoxy) is 1. The third-order valence-electron chi connectivity index (χ3n) is 4.78. The zero-order valence-corrected chi connectivity index (χ0v) is 16.2. The molecule has 1 aliphatic heterocycles. The number of amides is 2. The first-order valence-electron chi connectivity index (χ1n) is 9.55. The van der Waals surface area contributed by atoms with Gasteiger partial charge in [0.1, 0.15) is 0 Å². The van der Waals surface area contributed by atoms with Crippen LogP contribution in [-0.4, -0.2) is 55.6 Å². The highest BCUT2D eigenvalue weighted by Gasteiger charge is 2.21. The van der Waals surface area contributed by atoms with Crippen LogP contribution in [-0.2, 0) is 14.3 Å². The third kappa shape index (κ3) is 6.02. The maximum Gasteiger partial charge on any atom is 0.226 e. The highest BCUT2D eigenvalue weighted by atomic mass is 16.5. The monoisotopic (exact) mass is 361 g/mol. The molecule has 1 heterocycles. The van der Waals surface area contributed by atoms with Gasteiger partial charge in [-0.15, -0.1) is 0 Å². The van der Waals surface area contributed by atoms with Crippen LogP contribution in [0.15, 0.2) is 24.3 Å². The second-order valence-corrected chi connectivity index (χ2v) is 6.62. The van der Waals surface area contributed by atoms with Gasteiger partial charge in [-0.05, 0) is 51.0 Å². The Bertz CT molecular complexity index is 578. The fourth-order valence-corrected chi connectivity index (χ4v) is 3.22. The Morgan fingerprint density at radius 3 is 2.42 bits per heavy atom. The molecule has 0 spiro atoms. The van der Waals surface area contributed by atoms with Crippen molar-refractivity contribution in [2.75, 3.05) is 43.0 Å². The van der Waals surface area contributed by atoms with Gasteiger partial charge in [0, 0.05) is 57.5 Å². The highest BCUT2D eigenvalue weighted by Crippen LogP contribution is 2.18. The molecule has 1 aromatic rings. The summed E-state index contributed by atoms with van der Waals surface area (Å²) in [4.78, 5) is 28.0. The van der Waals surface area contributed by atoms with Gasteiger partial charge in [-0.2, -0.15) is 0 Å². The fraction of sp³-hybridized carbons (Fsp3) is 0.600. The largest absolute Gasteiger partial charge is 0.376 e. The van der Waals surface area contributed by atoms with Crippen molar-refractivity contribution in [3.05, 3.63) is 24.3 Å². The van der Waals surface area contributed by atoms with E-state index in [4.69, 9.17) is 4.74 Å². The van der Waals surface area contributed by atoms with E-state index in [-0.39, 0.29) is 24.3 Å². The summed E-state index contributed by atoms with van der Waals surface area (Å²) in [5, 5.41) is 2.91. The predicted molar refractivity (Wildman–Crippen MR) is 104 cm³/mol. The van der Waals surface area contributed by atoms with Crippen LogP contribution in [0, 0.1) is 0 Å². The molecule has 1 N–H and O–H groups in total. The number of benzene rings is 1. The number of hydrogen-bond donors (Lipinski definition) is 1. The second kappa shape index (κ2) is 10.2. The molecule has 0 saturated carbocycles. The van der Waals surface area contributed by atoms with E-state index >= 15 is 0 Å². The van der Waals surface area contributed by atoms with Crippen LogP contribution in [0.5, 0.6) is 0 Å². The highest BCUT2D eigenvalue weighted by molar-refractivity contribution is 5.91. The third-order valence-corrected chi connectivity index (χ3v) is 4.78. The molecule has 0 aromatic heterocycles. The summed E-state index contributed by atoms with van der Waals surface area (Å²) in [5.41, 5.74) is 1.92. The maximum absolute atomic E-state index is 12.2. The minimum Gasteiger partial charge on any atom is -0.376 e. The lowest BCUT2D eigenvalue weighted by Crippen LogP contribution is -2.37. The van der Waals surface area contributed by atoms with Gasteiger partial charge in [-0.3, -0.25) is 9.59 Å². The molecule has 26 heavy (non-hydrogen) atoms. The van der Waals surface area contributed by atoms with Crippen molar-refractivity contribution >= 4 is 23.2 Å². The Morgan fingerprint density at radius 1 is 1.19 bits per heavy atom. The van der Waals surface area contributed by atoms with Crippen molar-refractivity contribution in [1.29, 1.82) is 0 Å². The van der Waals surface area contributed by atoms with Crippen LogP contribution in [0.25, 0.3) is 0 Å². The quantitative estimate of drug-likeness (QED) is 0.735. The molecule has 2 rings (SSSR count). The average molecular weight is 361 g/mol. The summed E-state index contributed by atoms with van der Waals surface area (Å²) < 4.78 is 5.59. The molecular formula is C20H31N3O3. The molecule has 0 bridgehead atoms. The number of hydrogen-bond acceptors (Lipinski definition) is 4. The lowest BCUT2D eigenvalue weighted by Gasteiger charge is -2.24. The molecule has 1 fully saturated rings. The number of nitrogens with one attached hydrogen (secondary N) is 1. The molecular weight excluding hydrogens is 330 g/mol. The summed E-state index contributed by atoms with van der Waals surface area (Å²) in [6, 6.07) is 7.87. The molecule has 144 valence electrons. The molecule has 1 unspecified atom stereocenters. The topological polar surface area (TPSA) is 61.9 Å². The molecule has 1 saturated heterocycles. The Kier molecular flexibility index (Phi) is 7.91. The molecule has 6 heteroatoms. The van der Waals surface area contributed by atoms with Crippen molar-refractivity contribution in [3.8, 4) is 0 Å². The standard InChI is InChI=1S/C20H31N3O3/c1-4-22(5-2)18-10-8-17(9-11-18)21-20(25)12-13-23(16(3)24)15-19-7-6-14-26-19/h8-11,19H,4-7,12-15H2,1-3H3,(H,21,25). The zero-order valence-electron chi connectivity index (χ0n) is 16.2. The van der Waals surface area contributed by atoms with Gasteiger partial charge in [0.15, 0.2) is 0 Å². The SMILES string of the molecule is CCN(CC)c1ccc(NC(=O)CCN(CC2CCCO2)C(C)=O)cc1. The summed E-state index contributed by atoms with van der Waals surface area (Å²) >= 11 is 0. The molecule has 0 aliphatic carbocycles. The van der Waals surface area contributed by atoms with E-state index in [9.17, 15) is 9.59 Å². The minimum atomic E-state index is -0.0841. The van der Waals surface area contributed by atoms with Gasteiger partial charge in [-0.1, -0.05) is 0 Å². The summed E-state index contributed by atoms with van der Waals surface area (Å²) in [6.45, 7) is 9.44. The maximum atomic E-state index is 12.2. The van der Waals surface area contributed by atoms with Crippen molar-refractivity contribution in [2.45, 2.75) is 46.1 Å². The van der Waals surface area contributed by atoms with E-state index in [1.54, 1.807) is 11.8 Å². The van der Waals surface area contributed by atoms with E-state index in [2.05, 4.69) is 24.1 Å². The first kappa shape index (κ1) is 20.2. The first-order chi connectivity index (χ1) is 12.5. The summed E-state index contributed by atoms with van der Waals surface area (Å²) in [7, 11) is 0. The molecule has 0 radical (unpaired) electrons. The van der Waals surface area contributed by atoms with E-state index in [1.165, 1.54) is 0 Å². The van der Waals surface area contributed by atoms with E-state index in [0.29, 0.717) is 13.1 Å². The van der Waals surface area contributed by atoms with Gasteiger partial charge in [0.2, 0.25) is 11.8 Å². The minimum absolute atomic E-state index is 0.0168. The lowest BCUT2D eigenvalue weighted by molar-refractivity contribution is -0.130. The summed E-state index contributed by atoms with van der Waals surface area (Å²) in [5.74, 6) is -0.101. The van der Waals surface area contributed by atoms with E-state index in [0.717, 1.165) is 43.9 Å². The van der Waals surface area contributed by atoms with Gasteiger partial charge < -0.3 is 19.9 Å². The summed E-state index contributed by atoms with van der Waals surface area (Å²) in [6.07, 6.45) is 2.41. The van der Waals surface area contributed by atoms with Gasteiger partial charge in [-0.25, -0.2) is 0 Å². The van der Waals surface area contributed by atoms with Crippen molar-refractivity contribution in [2.24, 2.45) is 0 Å². The smallest absolute Gasteiger partial charge is 0.226 e. The number of carbonyl (C=O) groups excluding carboxylic acids is 2. The van der Waals surface area contributed by atoms with Crippen LogP contribution in [0.4, 0.5) is 11.4 Å². The predicted octanol–water partition coefficient (Wildman–Crippen LogP) is 2.89. The lowest BCUT2D eigenvalue weighted by atomic mass is 10.2. The Labute approximate surface area is 156 Å².